The molecule has 4 fully saturated rings. The first-order chi connectivity index (χ1) is 28.5. The molecule has 2 aromatic heterocycles. The van der Waals surface area contributed by atoms with Gasteiger partial charge in [0, 0.05) is 50.6 Å². The SMILES string of the molecule is C1COCCN1.COc1cccc(OC)c1Cc1ccccc1CP(C1CCCCC1)C1CCCCC1.Fc1ncccc1I.Fc1ncccc1N1CCOCC1. The zero-order valence-electron chi connectivity index (χ0n) is 34.4. The van der Waals surface area contributed by atoms with Crippen molar-refractivity contribution in [3.05, 3.63) is 111 Å². The fourth-order valence-corrected chi connectivity index (χ4v) is 12.3. The minimum Gasteiger partial charge on any atom is -0.496 e. The van der Waals surface area contributed by atoms with E-state index < -0.39 is 11.9 Å². The van der Waals surface area contributed by atoms with Crippen molar-refractivity contribution < 1.29 is 27.7 Å². The molecule has 58 heavy (non-hydrogen) atoms. The van der Waals surface area contributed by atoms with Crippen molar-refractivity contribution in [3.63, 3.8) is 0 Å². The first-order valence-corrected chi connectivity index (χ1v) is 23.7. The molecule has 316 valence electrons. The summed E-state index contributed by atoms with van der Waals surface area (Å²) in [6.45, 7) is 6.63. The molecule has 1 N–H and O–H groups in total. The van der Waals surface area contributed by atoms with Gasteiger partial charge in [0.2, 0.25) is 11.9 Å². The van der Waals surface area contributed by atoms with Crippen molar-refractivity contribution in [2.24, 2.45) is 0 Å². The lowest BCUT2D eigenvalue weighted by Gasteiger charge is -2.39. The Balaban J connectivity index is 0.000000191. The van der Waals surface area contributed by atoms with Crippen LogP contribution >= 0.6 is 30.5 Å². The number of rotatable bonds is 9. The van der Waals surface area contributed by atoms with Crippen LogP contribution in [0, 0.1) is 15.5 Å². The van der Waals surface area contributed by atoms with Gasteiger partial charge in [-0.1, -0.05) is 76.8 Å². The first-order valence-electron chi connectivity index (χ1n) is 21.0. The third-order valence-electron chi connectivity index (χ3n) is 11.1. The summed E-state index contributed by atoms with van der Waals surface area (Å²) in [5.41, 5.74) is 6.73. The molecule has 0 spiro atoms. The van der Waals surface area contributed by atoms with Gasteiger partial charge in [0.1, 0.15) is 11.5 Å². The Morgan fingerprint density at radius 1 is 0.690 bits per heavy atom. The van der Waals surface area contributed by atoms with E-state index in [4.69, 9.17) is 18.9 Å². The number of ether oxygens (including phenoxy) is 4. The molecule has 0 radical (unpaired) electrons. The zero-order valence-corrected chi connectivity index (χ0v) is 37.4. The molecule has 0 atom stereocenters. The molecule has 0 unspecified atom stereocenters. The molecular weight excluding hydrogens is 868 g/mol. The molecule has 12 heteroatoms. The molecule has 4 aromatic rings. The largest absolute Gasteiger partial charge is 0.496 e. The van der Waals surface area contributed by atoms with E-state index in [1.165, 1.54) is 93.9 Å². The first kappa shape index (κ1) is 46.1. The number of aromatic nitrogens is 2. The Kier molecular flexibility index (Phi) is 20.9. The molecule has 2 aromatic carbocycles. The number of pyridine rings is 2. The number of nitrogens with zero attached hydrogens (tertiary/aromatic N) is 3. The Labute approximate surface area is 360 Å². The number of benzene rings is 2. The van der Waals surface area contributed by atoms with Crippen LogP contribution < -0.4 is 19.7 Å². The van der Waals surface area contributed by atoms with Crippen LogP contribution in [0.2, 0.25) is 0 Å². The summed E-state index contributed by atoms with van der Waals surface area (Å²) < 4.78 is 47.5. The fraction of sp³-hybridized carbons (Fsp3) is 0.522. The second-order valence-electron chi connectivity index (χ2n) is 14.9. The van der Waals surface area contributed by atoms with E-state index in [-0.39, 0.29) is 7.92 Å². The summed E-state index contributed by atoms with van der Waals surface area (Å²) in [6.07, 6.45) is 19.7. The van der Waals surface area contributed by atoms with E-state index in [0.717, 1.165) is 68.6 Å². The highest BCUT2D eigenvalue weighted by atomic mass is 127. The van der Waals surface area contributed by atoms with Gasteiger partial charge in [0.05, 0.1) is 49.9 Å². The maximum absolute atomic E-state index is 13.2. The maximum atomic E-state index is 13.2. The smallest absolute Gasteiger partial charge is 0.236 e. The van der Waals surface area contributed by atoms with Gasteiger partial charge in [-0.2, -0.15) is 8.78 Å². The van der Waals surface area contributed by atoms with Gasteiger partial charge in [-0.3, -0.25) is 0 Å². The molecule has 4 heterocycles. The summed E-state index contributed by atoms with van der Waals surface area (Å²) in [7, 11) is 3.57. The standard InChI is InChI=1S/C28H39O2P.C9H11FN2O.C5H3FIN.C4H9NO/c1-29-27-18-11-19-28(30-2)26(27)20-22-12-9-10-13-23(22)21-31(24-14-5-3-6-15-24)25-16-7-4-8-17-25;10-9-8(2-1-3-11-9)12-4-6-13-7-5-12;6-5-4(7)2-1-3-8-5;1-3-6-4-2-5-1/h9-13,18-19,24-25H,3-8,14-17,20-21H2,1-2H3;1-3H,4-7H2;1-3H;5H,1-4H2. The maximum Gasteiger partial charge on any atom is 0.236 e. The van der Waals surface area contributed by atoms with Crippen molar-refractivity contribution >= 4 is 36.2 Å². The van der Waals surface area contributed by atoms with Crippen molar-refractivity contribution in [1.29, 1.82) is 0 Å². The predicted octanol–water partition coefficient (Wildman–Crippen LogP) is 10.4. The number of methoxy groups -OCH3 is 2. The van der Waals surface area contributed by atoms with Gasteiger partial charge >= 0.3 is 0 Å². The minimum absolute atomic E-state index is 0.0508. The molecule has 2 aliphatic carbocycles. The molecule has 0 bridgehead atoms. The number of morpholine rings is 2. The number of anilines is 1. The van der Waals surface area contributed by atoms with Crippen LogP contribution in [0.3, 0.4) is 0 Å². The Bertz CT molecular complexity index is 1680. The molecule has 2 aliphatic heterocycles. The normalized spacial score (nSPS) is 17.4. The number of nitrogens with one attached hydrogen (secondary N) is 1. The summed E-state index contributed by atoms with van der Waals surface area (Å²) in [4.78, 5) is 8.96. The number of halogens is 3. The average Bonchev–Trinajstić information content (AvgIpc) is 3.29. The highest BCUT2D eigenvalue weighted by Crippen LogP contribution is 2.58. The average molecular weight is 931 g/mol. The Morgan fingerprint density at radius 2 is 1.24 bits per heavy atom. The third-order valence-corrected chi connectivity index (χ3v) is 15.5. The van der Waals surface area contributed by atoms with Gasteiger partial charge in [0.15, 0.2) is 0 Å². The van der Waals surface area contributed by atoms with Gasteiger partial charge in [-0.15, -0.1) is 0 Å². The molecule has 2 saturated heterocycles. The van der Waals surface area contributed by atoms with E-state index in [0.29, 0.717) is 22.5 Å². The number of hydrogen-bond donors (Lipinski definition) is 1. The Hall–Kier alpha value is -2.96. The van der Waals surface area contributed by atoms with Crippen LogP contribution in [-0.2, 0) is 22.1 Å². The zero-order chi connectivity index (χ0) is 40.8. The molecule has 2 saturated carbocycles. The van der Waals surface area contributed by atoms with Crippen LogP contribution in [-0.4, -0.2) is 88.1 Å². The quantitative estimate of drug-likeness (QED) is 0.101. The van der Waals surface area contributed by atoms with Gasteiger partial charge in [-0.05, 0) is 113 Å². The minimum atomic E-state index is -0.399. The second-order valence-corrected chi connectivity index (χ2v) is 18.9. The lowest BCUT2D eigenvalue weighted by molar-refractivity contribution is 0.109. The van der Waals surface area contributed by atoms with Crippen molar-refractivity contribution in [1.82, 2.24) is 15.3 Å². The highest BCUT2D eigenvalue weighted by molar-refractivity contribution is 14.1. The molecule has 4 aliphatic rings. The summed E-state index contributed by atoms with van der Waals surface area (Å²) >= 11 is 1.89. The lowest BCUT2D eigenvalue weighted by atomic mass is 9.99. The van der Waals surface area contributed by atoms with Gasteiger partial charge < -0.3 is 29.2 Å². The van der Waals surface area contributed by atoms with Crippen LogP contribution in [0.25, 0.3) is 0 Å². The van der Waals surface area contributed by atoms with Crippen LogP contribution in [0.5, 0.6) is 11.5 Å². The molecular formula is C46H62F2IN4O4P. The van der Waals surface area contributed by atoms with E-state index in [9.17, 15) is 8.78 Å². The summed E-state index contributed by atoms with van der Waals surface area (Å²) in [6, 6.07) is 22.1. The van der Waals surface area contributed by atoms with E-state index in [2.05, 4.69) is 51.7 Å². The highest BCUT2D eigenvalue weighted by Gasteiger charge is 2.31. The summed E-state index contributed by atoms with van der Waals surface area (Å²) in [5.74, 6) is 1.06. The Morgan fingerprint density at radius 3 is 1.72 bits per heavy atom. The van der Waals surface area contributed by atoms with Crippen LogP contribution in [0.15, 0.2) is 79.1 Å². The monoisotopic (exact) mass is 930 g/mol. The van der Waals surface area contributed by atoms with Crippen LogP contribution in [0.1, 0.15) is 80.9 Å². The lowest BCUT2D eigenvalue weighted by Crippen LogP contribution is -2.36. The fourth-order valence-electron chi connectivity index (χ4n) is 8.06. The third kappa shape index (κ3) is 14.9. The summed E-state index contributed by atoms with van der Waals surface area (Å²) in [5, 5.41) is 3.16. The van der Waals surface area contributed by atoms with Gasteiger partial charge in [0.25, 0.3) is 0 Å². The van der Waals surface area contributed by atoms with E-state index in [1.807, 2.05) is 33.6 Å². The van der Waals surface area contributed by atoms with Crippen molar-refractivity contribution in [3.8, 4) is 11.5 Å². The van der Waals surface area contributed by atoms with Crippen LogP contribution in [0.4, 0.5) is 14.5 Å². The topological polar surface area (TPSA) is 78.0 Å². The number of hydrogen-bond acceptors (Lipinski definition) is 8. The predicted molar refractivity (Wildman–Crippen MR) is 241 cm³/mol. The molecule has 0 amide bonds. The van der Waals surface area contributed by atoms with Gasteiger partial charge in [-0.25, -0.2) is 9.97 Å². The van der Waals surface area contributed by atoms with E-state index in [1.54, 1.807) is 44.0 Å². The van der Waals surface area contributed by atoms with E-state index >= 15 is 0 Å². The molecule has 8 nitrogen and oxygen atoms in total. The van der Waals surface area contributed by atoms with Crippen molar-refractivity contribution in [2.75, 3.05) is 71.7 Å². The second kappa shape index (κ2) is 26.3. The molecule has 8 rings (SSSR count). The van der Waals surface area contributed by atoms with Crippen molar-refractivity contribution in [2.45, 2.75) is 88.1 Å².